The second-order valence-corrected chi connectivity index (χ2v) is 6.00. The number of nitrogens with one attached hydrogen (secondary N) is 2. The van der Waals surface area contributed by atoms with Gasteiger partial charge in [0.15, 0.2) is 0 Å². The van der Waals surface area contributed by atoms with Crippen molar-refractivity contribution < 1.29 is 9.47 Å². The number of rotatable bonds is 6. The molecule has 0 spiro atoms. The Morgan fingerprint density at radius 3 is 2.31 bits per heavy atom. The number of methoxy groups -OCH3 is 2. The number of benzene rings is 2. The van der Waals surface area contributed by atoms with Crippen LogP contribution in [0.4, 0.5) is 23.0 Å². The molecule has 0 aliphatic heterocycles. The van der Waals surface area contributed by atoms with Crippen LogP contribution in [0.3, 0.4) is 0 Å². The molecule has 1 heterocycles. The van der Waals surface area contributed by atoms with Crippen LogP contribution in [0.5, 0.6) is 11.5 Å². The maximum absolute atomic E-state index is 6.14. The van der Waals surface area contributed by atoms with Gasteiger partial charge in [-0.25, -0.2) is 9.97 Å². The van der Waals surface area contributed by atoms with Gasteiger partial charge in [-0.2, -0.15) is 0 Å². The van der Waals surface area contributed by atoms with Crippen LogP contribution in [0.2, 0.25) is 5.02 Å². The van der Waals surface area contributed by atoms with Crippen molar-refractivity contribution >= 4 is 34.6 Å². The molecule has 1 aromatic heterocycles. The highest BCUT2D eigenvalue weighted by molar-refractivity contribution is 6.32. The molecule has 3 rings (SSSR count). The molecule has 0 radical (unpaired) electrons. The van der Waals surface area contributed by atoms with Crippen molar-refractivity contribution in [1.29, 1.82) is 0 Å². The molecule has 2 aromatic carbocycles. The molecule has 2 N–H and O–H groups in total. The highest BCUT2D eigenvalue weighted by Crippen LogP contribution is 2.37. The Kier molecular flexibility index (Phi) is 5.43. The van der Waals surface area contributed by atoms with Crippen LogP contribution in [0.1, 0.15) is 5.56 Å². The molecule has 0 aliphatic carbocycles. The first-order chi connectivity index (χ1) is 12.6. The Bertz CT molecular complexity index is 918. The summed E-state index contributed by atoms with van der Waals surface area (Å²) in [7, 11) is 3.14. The average Bonchev–Trinajstić information content (AvgIpc) is 2.63. The standard InChI is InChI=1S/C19H19ClN4O2/c1-12-5-4-6-13(7-12)23-18-10-19(22-11-21-18)24-15-9-16(25-2)14(20)8-17(15)26-3/h4-11H,1-3H3,(H2,21,22,23,24). The Morgan fingerprint density at radius 2 is 1.62 bits per heavy atom. The van der Waals surface area contributed by atoms with Crippen molar-refractivity contribution in [3.05, 3.63) is 59.4 Å². The molecule has 26 heavy (non-hydrogen) atoms. The summed E-state index contributed by atoms with van der Waals surface area (Å²) < 4.78 is 10.6. The van der Waals surface area contributed by atoms with Gasteiger partial charge in [-0.1, -0.05) is 23.7 Å². The maximum atomic E-state index is 6.14. The Morgan fingerprint density at radius 1 is 0.885 bits per heavy atom. The summed E-state index contributed by atoms with van der Waals surface area (Å²) >= 11 is 6.14. The third kappa shape index (κ3) is 4.15. The van der Waals surface area contributed by atoms with Crippen molar-refractivity contribution in [2.45, 2.75) is 6.92 Å². The molecular weight excluding hydrogens is 352 g/mol. The van der Waals surface area contributed by atoms with E-state index in [4.69, 9.17) is 21.1 Å². The predicted octanol–water partition coefficient (Wildman–Crippen LogP) is 4.94. The molecule has 0 unspecified atom stereocenters. The predicted molar refractivity (Wildman–Crippen MR) is 104 cm³/mol. The number of aryl methyl sites for hydroxylation is 1. The number of ether oxygens (including phenoxy) is 2. The van der Waals surface area contributed by atoms with E-state index in [-0.39, 0.29) is 0 Å². The summed E-state index contributed by atoms with van der Waals surface area (Å²) in [5.41, 5.74) is 2.81. The fraction of sp³-hybridized carbons (Fsp3) is 0.158. The van der Waals surface area contributed by atoms with E-state index in [1.807, 2.05) is 37.3 Å². The van der Waals surface area contributed by atoms with E-state index >= 15 is 0 Å². The topological polar surface area (TPSA) is 68.3 Å². The first-order valence-corrected chi connectivity index (χ1v) is 8.31. The van der Waals surface area contributed by atoms with E-state index < -0.39 is 0 Å². The van der Waals surface area contributed by atoms with E-state index in [0.717, 1.165) is 5.69 Å². The SMILES string of the molecule is COc1cc(Nc2cc(Nc3cccc(C)c3)ncn2)c(OC)cc1Cl. The largest absolute Gasteiger partial charge is 0.495 e. The Labute approximate surface area is 157 Å². The summed E-state index contributed by atoms with van der Waals surface area (Å²) in [4.78, 5) is 8.51. The Balaban J connectivity index is 1.85. The van der Waals surface area contributed by atoms with Gasteiger partial charge in [0.2, 0.25) is 0 Å². The van der Waals surface area contributed by atoms with Crippen LogP contribution in [0.25, 0.3) is 0 Å². The number of hydrogen-bond donors (Lipinski definition) is 2. The second kappa shape index (κ2) is 7.93. The lowest BCUT2D eigenvalue weighted by Gasteiger charge is -2.14. The zero-order valence-corrected chi connectivity index (χ0v) is 15.5. The first kappa shape index (κ1) is 17.8. The van der Waals surface area contributed by atoms with E-state index in [2.05, 4.69) is 20.6 Å². The van der Waals surface area contributed by atoms with Crippen molar-refractivity contribution in [3.63, 3.8) is 0 Å². The lowest BCUT2D eigenvalue weighted by atomic mass is 10.2. The monoisotopic (exact) mass is 370 g/mol. The smallest absolute Gasteiger partial charge is 0.144 e. The van der Waals surface area contributed by atoms with Gasteiger partial charge in [0, 0.05) is 23.9 Å². The summed E-state index contributed by atoms with van der Waals surface area (Å²) in [6, 6.07) is 13.3. The third-order valence-electron chi connectivity index (χ3n) is 3.69. The Hall–Kier alpha value is -2.99. The van der Waals surface area contributed by atoms with E-state index in [1.54, 1.807) is 26.4 Å². The summed E-state index contributed by atoms with van der Waals surface area (Å²) in [6.07, 6.45) is 1.49. The van der Waals surface area contributed by atoms with E-state index in [9.17, 15) is 0 Å². The summed E-state index contributed by atoms with van der Waals surface area (Å²) in [5.74, 6) is 2.41. The fourth-order valence-electron chi connectivity index (χ4n) is 2.46. The normalized spacial score (nSPS) is 10.3. The highest BCUT2D eigenvalue weighted by atomic mass is 35.5. The quantitative estimate of drug-likeness (QED) is 0.640. The van der Waals surface area contributed by atoms with Crippen LogP contribution in [-0.2, 0) is 0 Å². The summed E-state index contributed by atoms with van der Waals surface area (Å²) in [5, 5.41) is 6.94. The molecule has 0 saturated carbocycles. The molecule has 0 aliphatic rings. The molecule has 0 atom stereocenters. The number of anilines is 4. The van der Waals surface area contributed by atoms with Gasteiger partial charge in [-0.15, -0.1) is 0 Å². The highest BCUT2D eigenvalue weighted by Gasteiger charge is 2.11. The molecule has 7 heteroatoms. The van der Waals surface area contributed by atoms with Gasteiger partial charge in [-0.05, 0) is 24.6 Å². The molecule has 0 saturated heterocycles. The third-order valence-corrected chi connectivity index (χ3v) is 3.99. The molecule has 134 valence electrons. The van der Waals surface area contributed by atoms with E-state index in [0.29, 0.717) is 33.8 Å². The number of nitrogens with zero attached hydrogens (tertiary/aromatic N) is 2. The molecular formula is C19H19ClN4O2. The zero-order chi connectivity index (χ0) is 18.5. The zero-order valence-electron chi connectivity index (χ0n) is 14.7. The molecule has 0 amide bonds. The lowest BCUT2D eigenvalue weighted by Crippen LogP contribution is -2.00. The van der Waals surface area contributed by atoms with Crippen molar-refractivity contribution in [1.82, 2.24) is 9.97 Å². The minimum atomic E-state index is 0.472. The van der Waals surface area contributed by atoms with Gasteiger partial charge in [0.05, 0.1) is 24.9 Å². The molecule has 6 nitrogen and oxygen atoms in total. The minimum Gasteiger partial charge on any atom is -0.495 e. The van der Waals surface area contributed by atoms with Crippen molar-refractivity contribution in [3.8, 4) is 11.5 Å². The van der Waals surface area contributed by atoms with Crippen LogP contribution >= 0.6 is 11.6 Å². The van der Waals surface area contributed by atoms with Crippen LogP contribution < -0.4 is 20.1 Å². The first-order valence-electron chi connectivity index (χ1n) is 7.93. The van der Waals surface area contributed by atoms with Crippen LogP contribution in [0, 0.1) is 6.92 Å². The lowest BCUT2D eigenvalue weighted by molar-refractivity contribution is 0.405. The number of halogens is 1. The molecule has 3 aromatic rings. The fourth-order valence-corrected chi connectivity index (χ4v) is 2.69. The van der Waals surface area contributed by atoms with Gasteiger partial charge in [0.25, 0.3) is 0 Å². The minimum absolute atomic E-state index is 0.472. The average molecular weight is 371 g/mol. The second-order valence-electron chi connectivity index (χ2n) is 5.60. The summed E-state index contributed by atoms with van der Waals surface area (Å²) in [6.45, 7) is 2.04. The van der Waals surface area contributed by atoms with Crippen molar-refractivity contribution in [2.75, 3.05) is 24.9 Å². The van der Waals surface area contributed by atoms with Gasteiger partial charge >= 0.3 is 0 Å². The van der Waals surface area contributed by atoms with Crippen molar-refractivity contribution in [2.24, 2.45) is 0 Å². The maximum Gasteiger partial charge on any atom is 0.144 e. The van der Waals surface area contributed by atoms with Gasteiger partial charge in [-0.3, -0.25) is 0 Å². The van der Waals surface area contributed by atoms with Crippen LogP contribution in [-0.4, -0.2) is 24.2 Å². The number of aromatic nitrogens is 2. The van der Waals surface area contributed by atoms with Gasteiger partial charge in [0.1, 0.15) is 29.5 Å². The molecule has 0 bridgehead atoms. The van der Waals surface area contributed by atoms with Gasteiger partial charge < -0.3 is 20.1 Å². The van der Waals surface area contributed by atoms with E-state index in [1.165, 1.54) is 11.9 Å². The van der Waals surface area contributed by atoms with Crippen LogP contribution in [0.15, 0.2) is 48.8 Å². The number of hydrogen-bond acceptors (Lipinski definition) is 6. The molecule has 0 fully saturated rings.